The van der Waals surface area contributed by atoms with Crippen LogP contribution in [0.1, 0.15) is 33.3 Å². The molecule has 28 heavy (non-hydrogen) atoms. The van der Waals surface area contributed by atoms with Crippen molar-refractivity contribution in [3.8, 4) is 0 Å². The molecule has 0 saturated carbocycles. The Morgan fingerprint density at radius 2 is 1.64 bits per heavy atom. The first-order valence-corrected chi connectivity index (χ1v) is 9.36. The van der Waals surface area contributed by atoms with E-state index >= 15 is 0 Å². The molecule has 1 aliphatic heterocycles. The van der Waals surface area contributed by atoms with Crippen molar-refractivity contribution < 1.29 is 9.72 Å². The lowest BCUT2D eigenvalue weighted by Gasteiger charge is -2.37. The van der Waals surface area contributed by atoms with Crippen LogP contribution in [0.2, 0.25) is 0 Å². The topological polar surface area (TPSA) is 91.1 Å². The van der Waals surface area contributed by atoms with Crippen LogP contribution in [0.3, 0.4) is 0 Å². The quantitative estimate of drug-likeness (QED) is 0.220. The van der Waals surface area contributed by atoms with Gasteiger partial charge in [-0.2, -0.15) is 0 Å². The SMILES string of the molecule is CC(C)NC(=NCc1ccc([N+](=O)[O-])cc1)N1CCN(C(=O)C(C)C)CC1.I. The number of hydrogen-bond acceptors (Lipinski definition) is 4. The fraction of sp³-hybridized carbons (Fsp3) is 0.579. The molecule has 0 radical (unpaired) electrons. The predicted molar refractivity (Wildman–Crippen MR) is 121 cm³/mol. The van der Waals surface area contributed by atoms with Gasteiger partial charge in [-0.25, -0.2) is 4.99 Å². The molecule has 1 aliphatic rings. The Balaban J connectivity index is 0.00000392. The molecule has 1 aromatic carbocycles. The fourth-order valence-corrected chi connectivity index (χ4v) is 2.89. The summed E-state index contributed by atoms with van der Waals surface area (Å²) in [4.78, 5) is 31.3. The zero-order valence-electron chi connectivity index (χ0n) is 16.9. The van der Waals surface area contributed by atoms with Gasteiger partial charge in [-0.15, -0.1) is 24.0 Å². The highest BCUT2D eigenvalue weighted by atomic mass is 127. The van der Waals surface area contributed by atoms with Crippen LogP contribution in [-0.2, 0) is 11.3 Å². The first-order valence-electron chi connectivity index (χ1n) is 9.36. The molecule has 9 heteroatoms. The lowest BCUT2D eigenvalue weighted by Crippen LogP contribution is -2.55. The van der Waals surface area contributed by atoms with Crippen LogP contribution in [0.25, 0.3) is 0 Å². The molecule has 0 aromatic heterocycles. The van der Waals surface area contributed by atoms with Crippen molar-refractivity contribution in [2.45, 2.75) is 40.3 Å². The van der Waals surface area contributed by atoms with Crippen molar-refractivity contribution >= 4 is 41.5 Å². The van der Waals surface area contributed by atoms with E-state index in [1.807, 2.05) is 18.7 Å². The van der Waals surface area contributed by atoms with E-state index in [0.717, 1.165) is 24.6 Å². The summed E-state index contributed by atoms with van der Waals surface area (Å²) in [7, 11) is 0. The summed E-state index contributed by atoms with van der Waals surface area (Å²) < 4.78 is 0. The number of amides is 1. The molecule has 0 unspecified atom stereocenters. The number of non-ortho nitro benzene ring substituents is 1. The highest BCUT2D eigenvalue weighted by Gasteiger charge is 2.24. The molecule has 1 aromatic rings. The smallest absolute Gasteiger partial charge is 0.269 e. The summed E-state index contributed by atoms with van der Waals surface area (Å²) in [5.74, 6) is 1.01. The zero-order chi connectivity index (χ0) is 20.0. The van der Waals surface area contributed by atoms with Crippen molar-refractivity contribution in [2.75, 3.05) is 26.2 Å². The summed E-state index contributed by atoms with van der Waals surface area (Å²) in [6, 6.07) is 6.69. The molecule has 0 atom stereocenters. The van der Waals surface area contributed by atoms with Gasteiger partial charge in [0.2, 0.25) is 5.91 Å². The highest BCUT2D eigenvalue weighted by molar-refractivity contribution is 14.0. The number of nitro groups is 1. The number of carbonyl (C=O) groups is 1. The van der Waals surface area contributed by atoms with Gasteiger partial charge >= 0.3 is 0 Å². The van der Waals surface area contributed by atoms with Crippen molar-refractivity contribution in [2.24, 2.45) is 10.9 Å². The zero-order valence-corrected chi connectivity index (χ0v) is 19.3. The number of nitrogens with one attached hydrogen (secondary N) is 1. The summed E-state index contributed by atoms with van der Waals surface area (Å²) in [5, 5.41) is 14.1. The first-order chi connectivity index (χ1) is 12.8. The number of nitro benzene ring substituents is 1. The number of guanidine groups is 1. The third-order valence-corrected chi connectivity index (χ3v) is 4.36. The number of benzene rings is 1. The van der Waals surface area contributed by atoms with E-state index in [0.29, 0.717) is 19.6 Å². The molecule has 8 nitrogen and oxygen atoms in total. The average molecular weight is 503 g/mol. The van der Waals surface area contributed by atoms with E-state index in [2.05, 4.69) is 24.1 Å². The molecule has 0 spiro atoms. The molecule has 1 fully saturated rings. The van der Waals surface area contributed by atoms with Crippen LogP contribution >= 0.6 is 24.0 Å². The van der Waals surface area contributed by atoms with Crippen LogP contribution in [0.5, 0.6) is 0 Å². The Morgan fingerprint density at radius 3 is 2.11 bits per heavy atom. The molecule has 0 aliphatic carbocycles. The van der Waals surface area contributed by atoms with Crippen LogP contribution in [0.4, 0.5) is 5.69 Å². The number of halogens is 1. The Labute approximate surface area is 183 Å². The Hall–Kier alpha value is -1.91. The number of piperazine rings is 1. The molecule has 1 N–H and O–H groups in total. The predicted octanol–water partition coefficient (Wildman–Crippen LogP) is 2.87. The minimum absolute atomic E-state index is 0. The van der Waals surface area contributed by atoms with Gasteiger partial charge in [0.25, 0.3) is 5.69 Å². The molecule has 0 bridgehead atoms. The van der Waals surface area contributed by atoms with Crippen LogP contribution in [-0.4, -0.2) is 58.8 Å². The van der Waals surface area contributed by atoms with Gasteiger partial charge in [0, 0.05) is 50.3 Å². The van der Waals surface area contributed by atoms with E-state index in [1.54, 1.807) is 12.1 Å². The number of rotatable bonds is 5. The number of hydrogen-bond donors (Lipinski definition) is 1. The van der Waals surface area contributed by atoms with E-state index in [9.17, 15) is 14.9 Å². The van der Waals surface area contributed by atoms with Crippen molar-refractivity contribution in [3.63, 3.8) is 0 Å². The van der Waals surface area contributed by atoms with Gasteiger partial charge in [-0.1, -0.05) is 26.0 Å². The Kier molecular flexibility index (Phi) is 9.63. The minimum atomic E-state index is -0.406. The molecular weight excluding hydrogens is 473 g/mol. The minimum Gasteiger partial charge on any atom is -0.354 e. The normalized spacial score (nSPS) is 14.9. The van der Waals surface area contributed by atoms with Crippen LogP contribution < -0.4 is 5.32 Å². The van der Waals surface area contributed by atoms with E-state index < -0.39 is 4.92 Å². The lowest BCUT2D eigenvalue weighted by atomic mass is 10.1. The van der Waals surface area contributed by atoms with Gasteiger partial charge in [-0.05, 0) is 19.4 Å². The maximum atomic E-state index is 12.2. The largest absolute Gasteiger partial charge is 0.354 e. The molecule has 1 saturated heterocycles. The maximum Gasteiger partial charge on any atom is 0.269 e. The second kappa shape index (κ2) is 11.2. The Morgan fingerprint density at radius 1 is 1.11 bits per heavy atom. The van der Waals surface area contributed by atoms with Gasteiger partial charge < -0.3 is 15.1 Å². The molecule has 1 heterocycles. The van der Waals surface area contributed by atoms with E-state index in [-0.39, 0.29) is 47.5 Å². The fourth-order valence-electron chi connectivity index (χ4n) is 2.89. The summed E-state index contributed by atoms with van der Waals surface area (Å²) in [6.07, 6.45) is 0. The maximum absolute atomic E-state index is 12.2. The highest BCUT2D eigenvalue weighted by Crippen LogP contribution is 2.13. The first kappa shape index (κ1) is 24.1. The van der Waals surface area contributed by atoms with Gasteiger partial charge in [-0.3, -0.25) is 14.9 Å². The monoisotopic (exact) mass is 503 g/mol. The number of aliphatic imine (C=N–C) groups is 1. The van der Waals surface area contributed by atoms with Crippen LogP contribution in [0.15, 0.2) is 29.3 Å². The van der Waals surface area contributed by atoms with Crippen molar-refractivity contribution in [3.05, 3.63) is 39.9 Å². The van der Waals surface area contributed by atoms with E-state index in [4.69, 9.17) is 4.99 Å². The van der Waals surface area contributed by atoms with Crippen molar-refractivity contribution in [1.82, 2.24) is 15.1 Å². The second-order valence-corrected chi connectivity index (χ2v) is 7.33. The molecule has 1 amide bonds. The third kappa shape index (κ3) is 6.92. The molecule has 156 valence electrons. The lowest BCUT2D eigenvalue weighted by molar-refractivity contribution is -0.384. The van der Waals surface area contributed by atoms with Gasteiger partial charge in [0.05, 0.1) is 11.5 Å². The average Bonchev–Trinajstić information content (AvgIpc) is 2.64. The van der Waals surface area contributed by atoms with Gasteiger partial charge in [0.15, 0.2) is 5.96 Å². The van der Waals surface area contributed by atoms with Gasteiger partial charge in [0.1, 0.15) is 0 Å². The summed E-state index contributed by atoms with van der Waals surface area (Å²) >= 11 is 0. The number of nitrogens with zero attached hydrogens (tertiary/aromatic N) is 4. The van der Waals surface area contributed by atoms with Crippen molar-refractivity contribution in [1.29, 1.82) is 0 Å². The van der Waals surface area contributed by atoms with E-state index in [1.165, 1.54) is 12.1 Å². The summed E-state index contributed by atoms with van der Waals surface area (Å²) in [5.41, 5.74) is 0.992. The molecule has 2 rings (SSSR count). The Bertz CT molecular complexity index is 683. The summed E-state index contributed by atoms with van der Waals surface area (Å²) in [6.45, 7) is 11.2. The van der Waals surface area contributed by atoms with Crippen LogP contribution in [0, 0.1) is 16.0 Å². The third-order valence-electron chi connectivity index (χ3n) is 4.36. The molecular formula is C19H30IN5O3. The standard InChI is InChI=1S/C19H29N5O3.HI/c1-14(2)18(25)22-9-11-23(12-10-22)19(21-15(3)4)20-13-16-5-7-17(8-6-16)24(26)27;/h5-8,14-15H,9-13H2,1-4H3,(H,20,21);1H. The second-order valence-electron chi connectivity index (χ2n) is 7.33. The number of carbonyl (C=O) groups excluding carboxylic acids is 1.